The van der Waals surface area contributed by atoms with E-state index < -0.39 is 0 Å². The normalized spacial score (nSPS) is 26.0. The Hall–Kier alpha value is -1.85. The van der Waals surface area contributed by atoms with Gasteiger partial charge in [-0.15, -0.1) is 0 Å². The molecule has 3 rings (SSSR count). The molecule has 0 bridgehead atoms. The molecule has 6 nitrogen and oxygen atoms in total. The van der Waals surface area contributed by atoms with Crippen LogP contribution >= 0.6 is 0 Å². The number of piperidine rings is 2. The SMILES string of the molecule is C[C@@H]1CC[C@@H](C(N)=O)CN1c1cc(N2CCCCC2)ncn1. The highest BCUT2D eigenvalue weighted by atomic mass is 16.1. The molecule has 0 saturated carbocycles. The van der Waals surface area contributed by atoms with E-state index >= 15 is 0 Å². The van der Waals surface area contributed by atoms with Crippen molar-refractivity contribution < 1.29 is 4.79 Å². The van der Waals surface area contributed by atoms with E-state index in [9.17, 15) is 4.79 Å². The number of nitrogens with two attached hydrogens (primary N) is 1. The van der Waals surface area contributed by atoms with Gasteiger partial charge in [-0.3, -0.25) is 4.79 Å². The molecule has 1 amide bonds. The predicted molar refractivity (Wildman–Crippen MR) is 86.8 cm³/mol. The molecule has 6 heteroatoms. The van der Waals surface area contributed by atoms with Crippen molar-refractivity contribution in [2.45, 2.75) is 45.1 Å². The Morgan fingerprint density at radius 3 is 2.64 bits per heavy atom. The van der Waals surface area contributed by atoms with Gasteiger partial charge in [0, 0.05) is 31.7 Å². The van der Waals surface area contributed by atoms with E-state index in [1.807, 2.05) is 0 Å². The first-order valence-corrected chi connectivity index (χ1v) is 8.28. The average molecular weight is 303 g/mol. The minimum atomic E-state index is -0.206. The van der Waals surface area contributed by atoms with Gasteiger partial charge < -0.3 is 15.5 Å². The second-order valence-electron chi connectivity index (χ2n) is 6.46. The molecule has 2 aliphatic heterocycles. The molecule has 0 aromatic carbocycles. The second kappa shape index (κ2) is 6.50. The van der Waals surface area contributed by atoms with E-state index in [4.69, 9.17) is 5.73 Å². The van der Waals surface area contributed by atoms with Crippen LogP contribution in [-0.2, 0) is 4.79 Å². The number of rotatable bonds is 3. The lowest BCUT2D eigenvalue weighted by atomic mass is 9.93. The van der Waals surface area contributed by atoms with Crippen LogP contribution in [0.15, 0.2) is 12.4 Å². The van der Waals surface area contributed by atoms with Crippen molar-refractivity contribution in [3.8, 4) is 0 Å². The van der Waals surface area contributed by atoms with Gasteiger partial charge in [0.25, 0.3) is 0 Å². The number of primary amides is 1. The van der Waals surface area contributed by atoms with Crippen LogP contribution in [0.25, 0.3) is 0 Å². The second-order valence-corrected chi connectivity index (χ2v) is 6.46. The molecule has 1 aromatic heterocycles. The molecule has 2 aliphatic rings. The molecular formula is C16H25N5O. The number of hydrogen-bond acceptors (Lipinski definition) is 5. The monoisotopic (exact) mass is 303 g/mol. The van der Waals surface area contributed by atoms with Gasteiger partial charge in [-0.2, -0.15) is 0 Å². The molecule has 2 fully saturated rings. The summed E-state index contributed by atoms with van der Waals surface area (Å²) < 4.78 is 0. The summed E-state index contributed by atoms with van der Waals surface area (Å²) in [5.41, 5.74) is 5.49. The van der Waals surface area contributed by atoms with Crippen molar-refractivity contribution in [2.24, 2.45) is 11.7 Å². The van der Waals surface area contributed by atoms with Crippen molar-refractivity contribution in [1.82, 2.24) is 9.97 Å². The summed E-state index contributed by atoms with van der Waals surface area (Å²) in [6, 6.07) is 2.44. The number of carbonyl (C=O) groups is 1. The molecular weight excluding hydrogens is 278 g/mol. The maximum absolute atomic E-state index is 11.5. The third-order valence-corrected chi connectivity index (χ3v) is 4.90. The van der Waals surface area contributed by atoms with Crippen LogP contribution in [0.2, 0.25) is 0 Å². The van der Waals surface area contributed by atoms with Crippen LogP contribution in [0.5, 0.6) is 0 Å². The summed E-state index contributed by atoms with van der Waals surface area (Å²) in [5, 5.41) is 0. The molecule has 2 N–H and O–H groups in total. The van der Waals surface area contributed by atoms with Crippen molar-refractivity contribution in [2.75, 3.05) is 29.4 Å². The Balaban J connectivity index is 1.79. The molecule has 0 spiro atoms. The molecule has 1 aromatic rings. The number of carbonyl (C=O) groups excluding carboxylic acids is 1. The summed E-state index contributed by atoms with van der Waals surface area (Å²) >= 11 is 0. The average Bonchev–Trinajstić information content (AvgIpc) is 2.56. The largest absolute Gasteiger partial charge is 0.369 e. The van der Waals surface area contributed by atoms with Crippen molar-refractivity contribution in [3.05, 3.63) is 12.4 Å². The number of nitrogens with zero attached hydrogens (tertiary/aromatic N) is 4. The van der Waals surface area contributed by atoms with Crippen LogP contribution in [0.3, 0.4) is 0 Å². The summed E-state index contributed by atoms with van der Waals surface area (Å²) in [6.45, 7) is 4.97. The van der Waals surface area contributed by atoms with E-state index in [0.717, 1.165) is 37.6 Å². The highest BCUT2D eigenvalue weighted by Crippen LogP contribution is 2.28. The Labute approximate surface area is 131 Å². The molecule has 22 heavy (non-hydrogen) atoms. The van der Waals surface area contributed by atoms with Crippen molar-refractivity contribution in [1.29, 1.82) is 0 Å². The molecule has 3 heterocycles. The Morgan fingerprint density at radius 1 is 1.18 bits per heavy atom. The summed E-state index contributed by atoms with van der Waals surface area (Å²) in [7, 11) is 0. The zero-order valence-electron chi connectivity index (χ0n) is 13.2. The smallest absolute Gasteiger partial charge is 0.222 e. The van der Waals surface area contributed by atoms with Crippen LogP contribution in [0, 0.1) is 5.92 Å². The van der Waals surface area contributed by atoms with Crippen molar-refractivity contribution >= 4 is 17.5 Å². The fraction of sp³-hybridized carbons (Fsp3) is 0.688. The van der Waals surface area contributed by atoms with Gasteiger partial charge in [-0.05, 0) is 39.0 Å². The van der Waals surface area contributed by atoms with Crippen LogP contribution in [0.4, 0.5) is 11.6 Å². The number of amides is 1. The first-order valence-electron chi connectivity index (χ1n) is 8.28. The lowest BCUT2D eigenvalue weighted by molar-refractivity contribution is -0.122. The van der Waals surface area contributed by atoms with E-state index in [-0.39, 0.29) is 11.8 Å². The fourth-order valence-electron chi connectivity index (χ4n) is 3.45. The lowest BCUT2D eigenvalue weighted by Crippen LogP contribution is -2.46. The first-order chi connectivity index (χ1) is 10.6. The number of anilines is 2. The van der Waals surface area contributed by atoms with Crippen LogP contribution in [-0.4, -0.2) is 41.6 Å². The predicted octanol–water partition coefficient (Wildman–Crippen LogP) is 1.56. The van der Waals surface area contributed by atoms with Gasteiger partial charge in [0.05, 0.1) is 5.92 Å². The minimum absolute atomic E-state index is 0.0791. The molecule has 0 aliphatic carbocycles. The summed E-state index contributed by atoms with van der Waals surface area (Å²) in [5.74, 6) is 1.62. The molecule has 0 unspecified atom stereocenters. The fourth-order valence-corrected chi connectivity index (χ4v) is 3.45. The third kappa shape index (κ3) is 3.15. The first kappa shape index (κ1) is 15.1. The Bertz CT molecular complexity index is 529. The summed E-state index contributed by atoms with van der Waals surface area (Å²) in [4.78, 5) is 24.9. The maximum Gasteiger partial charge on any atom is 0.222 e. The molecule has 2 atom stereocenters. The van der Waals surface area contributed by atoms with E-state index in [0.29, 0.717) is 12.6 Å². The highest BCUT2D eigenvalue weighted by Gasteiger charge is 2.29. The third-order valence-electron chi connectivity index (χ3n) is 4.90. The Morgan fingerprint density at radius 2 is 1.91 bits per heavy atom. The number of hydrogen-bond donors (Lipinski definition) is 1. The molecule has 120 valence electrons. The number of aromatic nitrogens is 2. The van der Waals surface area contributed by atoms with Gasteiger partial charge in [-0.25, -0.2) is 9.97 Å². The van der Waals surface area contributed by atoms with E-state index in [2.05, 4.69) is 32.8 Å². The quantitative estimate of drug-likeness (QED) is 0.917. The molecule has 0 radical (unpaired) electrons. The lowest BCUT2D eigenvalue weighted by Gasteiger charge is -2.38. The van der Waals surface area contributed by atoms with Crippen LogP contribution < -0.4 is 15.5 Å². The van der Waals surface area contributed by atoms with Gasteiger partial charge in [0.1, 0.15) is 18.0 Å². The van der Waals surface area contributed by atoms with E-state index in [1.165, 1.54) is 19.3 Å². The summed E-state index contributed by atoms with van der Waals surface area (Å²) in [6.07, 6.45) is 7.23. The standard InChI is InChI=1S/C16H25N5O/c1-12-5-6-13(16(17)22)10-21(12)15-9-14(18-11-19-15)20-7-3-2-4-8-20/h9,11-13H,2-8,10H2,1H3,(H2,17,22)/t12-,13-/m1/s1. The topological polar surface area (TPSA) is 75.4 Å². The highest BCUT2D eigenvalue weighted by molar-refractivity contribution is 5.77. The zero-order chi connectivity index (χ0) is 15.5. The maximum atomic E-state index is 11.5. The van der Waals surface area contributed by atoms with E-state index in [1.54, 1.807) is 6.33 Å². The van der Waals surface area contributed by atoms with Gasteiger partial charge >= 0.3 is 0 Å². The zero-order valence-corrected chi connectivity index (χ0v) is 13.2. The van der Waals surface area contributed by atoms with Gasteiger partial charge in [0.2, 0.25) is 5.91 Å². The van der Waals surface area contributed by atoms with Gasteiger partial charge in [0.15, 0.2) is 0 Å². The molecule has 2 saturated heterocycles. The minimum Gasteiger partial charge on any atom is -0.369 e. The van der Waals surface area contributed by atoms with Crippen molar-refractivity contribution in [3.63, 3.8) is 0 Å². The Kier molecular flexibility index (Phi) is 4.45. The van der Waals surface area contributed by atoms with Gasteiger partial charge in [-0.1, -0.05) is 0 Å². The van der Waals surface area contributed by atoms with Crippen LogP contribution in [0.1, 0.15) is 39.0 Å².